The number of carbonyl (C=O) groups is 3. The number of rotatable bonds is 20. The Bertz CT molecular complexity index is 2470. The highest BCUT2D eigenvalue weighted by atomic mass is 16.7. The number of oxime groups is 1. The molecule has 0 aliphatic carbocycles. The number of aliphatic hydroxyl groups is 4. The molecule has 1 aromatic heterocycles. The number of carboxylic acids is 1. The van der Waals surface area contributed by atoms with Crippen molar-refractivity contribution in [2.75, 3.05) is 67.3 Å². The number of hydrogen-bond acceptors (Lipinski definition) is 21. The van der Waals surface area contributed by atoms with Crippen molar-refractivity contribution in [2.24, 2.45) is 28.8 Å². The van der Waals surface area contributed by atoms with Gasteiger partial charge in [-0.3, -0.25) is 19.1 Å². The second-order valence-corrected chi connectivity index (χ2v) is 23.4. The van der Waals surface area contributed by atoms with Gasteiger partial charge in [0.15, 0.2) is 18.7 Å². The van der Waals surface area contributed by atoms with Crippen LogP contribution in [-0.2, 0) is 58.7 Å². The molecule has 5 rings (SSSR count). The largest absolute Gasteiger partial charge is 0.477 e. The Labute approximate surface area is 471 Å². The van der Waals surface area contributed by atoms with E-state index in [1.807, 2.05) is 32.0 Å². The van der Waals surface area contributed by atoms with Crippen LogP contribution in [0.25, 0.3) is 10.9 Å². The number of aromatic carboxylic acids is 1. The summed E-state index contributed by atoms with van der Waals surface area (Å²) in [5.74, 6) is -6.21. The number of ether oxygens (including phenoxy) is 8. The van der Waals surface area contributed by atoms with E-state index in [4.69, 9.17) is 42.7 Å². The minimum Gasteiger partial charge on any atom is -0.477 e. The Balaban J connectivity index is 1.37. The molecular formula is C57H93N5O18. The van der Waals surface area contributed by atoms with Crippen molar-refractivity contribution in [3.05, 3.63) is 45.7 Å². The summed E-state index contributed by atoms with van der Waals surface area (Å²) >= 11 is 0. The standard InChI is InChI=1S/C57H93N5O18/c1-17-42-57(10,71)49(66)33(4)45(59-74-30-72-15)31(2)27-55(8,70)50(80-54-47(65)41(60(11)12)25-32(3)75-54)34(5)48(35(6)53(69)77-42)79-44-28-56(9,73-16)51(36(7)76-44)78-43(63)22-24-58-23-18-19-37-20-21-40-38(26-37)46(64)39(52(67)68)29-62(40)61(13)14/h20-21,26,29,31-36,41-42,44,47-51,54,58,65-66,70-71H,17-19,22-25,27-28,30H2,1-16H3,(H,67,68)/b59-45+/t31-,32-,33?,34+,35-,36+,41+,42-,44+,47-,48+,49-,50-,51+,54+,55-,56-,57-/m1/s1. The summed E-state index contributed by atoms with van der Waals surface area (Å²) in [5, 5.41) is 68.1. The molecule has 0 saturated carbocycles. The van der Waals surface area contributed by atoms with Gasteiger partial charge in [0.05, 0.1) is 59.7 Å². The van der Waals surface area contributed by atoms with Crippen molar-refractivity contribution in [1.82, 2.24) is 14.9 Å². The molecule has 3 fully saturated rings. The van der Waals surface area contributed by atoms with Crippen molar-refractivity contribution >= 4 is 34.5 Å². The lowest BCUT2D eigenvalue weighted by atomic mass is 9.73. The Hall–Kier alpha value is -4.37. The zero-order chi connectivity index (χ0) is 59.8. The summed E-state index contributed by atoms with van der Waals surface area (Å²) in [4.78, 5) is 60.5. The minimum absolute atomic E-state index is 0.00744. The van der Waals surface area contributed by atoms with Gasteiger partial charge in [-0.1, -0.05) is 38.9 Å². The molecule has 3 saturated heterocycles. The third-order valence-electron chi connectivity index (χ3n) is 16.5. The number of hydrogen-bond donors (Lipinski definition) is 6. The molecule has 1 aromatic carbocycles. The van der Waals surface area contributed by atoms with E-state index in [1.165, 1.54) is 27.3 Å². The SMILES string of the molecule is CC[C@H]1OC(=O)[C@H](C)[C@@H](O[C@H]2C[C@@](C)(OC)[C@@H](OC(=O)CCNCCCc3ccc4c(c3)c(=O)c(C(=O)O)cn4N(C)C)[C@H](C)O2)[C@H](C)[C@@H](O[C@@H]2O[C@H](C)C[C@H](N(C)C)[C@H]2O)[C@](C)(O)C[C@@H](C)/C(=N\OCOC)C(C)[C@@H](O)[C@]1(C)O. The molecular weight excluding hydrogens is 1040 g/mol. The number of cyclic esters (lactones) is 1. The predicted octanol–water partition coefficient (Wildman–Crippen LogP) is 3.57. The molecule has 0 amide bonds. The van der Waals surface area contributed by atoms with Crippen LogP contribution in [0.3, 0.4) is 0 Å². The Morgan fingerprint density at radius 1 is 0.925 bits per heavy atom. The molecule has 1 unspecified atom stereocenters. The van der Waals surface area contributed by atoms with Gasteiger partial charge in [-0.2, -0.15) is 0 Å². The van der Waals surface area contributed by atoms with Crippen molar-refractivity contribution in [1.29, 1.82) is 0 Å². The summed E-state index contributed by atoms with van der Waals surface area (Å²) in [6.45, 7) is 17.5. The number of fused-ring (bicyclic) bond motifs is 1. The average Bonchev–Trinajstić information content (AvgIpc) is 3.39. The molecule has 6 N–H and O–H groups in total. The number of carboxylic acid groups (broad SMARTS) is 1. The van der Waals surface area contributed by atoms with Crippen LogP contribution >= 0.6 is 0 Å². The first-order chi connectivity index (χ1) is 37.4. The molecule has 23 nitrogen and oxygen atoms in total. The number of nitrogens with one attached hydrogen (secondary N) is 1. The number of aromatic nitrogens is 1. The second kappa shape index (κ2) is 28.3. The number of esters is 2. The lowest BCUT2D eigenvalue weighted by molar-refractivity contribution is -0.318. The van der Waals surface area contributed by atoms with Crippen molar-refractivity contribution in [3.8, 4) is 0 Å². The summed E-state index contributed by atoms with van der Waals surface area (Å²) in [5.41, 5.74) is -4.17. The van der Waals surface area contributed by atoms with Crippen LogP contribution in [0.4, 0.5) is 0 Å². The van der Waals surface area contributed by atoms with Gasteiger partial charge >= 0.3 is 17.9 Å². The molecule has 3 aliphatic rings. The van der Waals surface area contributed by atoms with Crippen molar-refractivity contribution < 1.29 is 82.6 Å². The van der Waals surface area contributed by atoms with Crippen LogP contribution in [0.1, 0.15) is 124 Å². The van der Waals surface area contributed by atoms with Crippen LogP contribution in [-0.4, -0.2) is 205 Å². The van der Waals surface area contributed by atoms with E-state index < -0.39 is 119 Å². The molecule has 454 valence electrons. The topological polar surface area (TPSA) is 288 Å². The number of methoxy groups -OCH3 is 2. The van der Waals surface area contributed by atoms with Crippen LogP contribution in [0, 0.1) is 23.7 Å². The Morgan fingerprint density at radius 2 is 1.61 bits per heavy atom. The van der Waals surface area contributed by atoms with E-state index in [2.05, 4.69) is 10.5 Å². The van der Waals surface area contributed by atoms with Gasteiger partial charge in [-0.25, -0.2) is 4.79 Å². The molecule has 0 radical (unpaired) electrons. The number of pyridine rings is 1. The van der Waals surface area contributed by atoms with E-state index in [9.17, 15) is 44.7 Å². The summed E-state index contributed by atoms with van der Waals surface area (Å²) in [7, 11) is 10.1. The Kier molecular flexibility index (Phi) is 23.5. The number of aliphatic hydroxyl groups excluding tert-OH is 2. The van der Waals surface area contributed by atoms with Gasteiger partial charge in [-0.05, 0) is 112 Å². The molecule has 80 heavy (non-hydrogen) atoms. The van der Waals surface area contributed by atoms with Crippen molar-refractivity contribution in [3.63, 3.8) is 0 Å². The monoisotopic (exact) mass is 1140 g/mol. The minimum atomic E-state index is -2.01. The number of nitrogens with zero attached hydrogens (tertiary/aromatic N) is 4. The zero-order valence-corrected chi connectivity index (χ0v) is 49.9. The highest BCUT2D eigenvalue weighted by Gasteiger charge is 2.54. The fourth-order valence-electron chi connectivity index (χ4n) is 11.9. The van der Waals surface area contributed by atoms with E-state index in [0.717, 1.165) is 5.56 Å². The predicted molar refractivity (Wildman–Crippen MR) is 297 cm³/mol. The third kappa shape index (κ3) is 15.6. The van der Waals surface area contributed by atoms with Crippen LogP contribution in [0.15, 0.2) is 34.3 Å². The summed E-state index contributed by atoms with van der Waals surface area (Å²) < 4.78 is 51.6. The zero-order valence-electron chi connectivity index (χ0n) is 49.9. The molecule has 0 spiro atoms. The maximum Gasteiger partial charge on any atom is 0.341 e. The molecule has 2 aromatic rings. The number of benzene rings is 1. The van der Waals surface area contributed by atoms with Crippen molar-refractivity contribution in [2.45, 2.75) is 198 Å². The second-order valence-electron chi connectivity index (χ2n) is 23.4. The molecule has 23 heteroatoms. The number of likely N-dealkylation sites (N-methyl/N-ethyl adjacent to an activating group) is 1. The van der Waals surface area contributed by atoms with E-state index >= 15 is 0 Å². The van der Waals surface area contributed by atoms with Gasteiger partial charge in [0.25, 0.3) is 0 Å². The van der Waals surface area contributed by atoms with Gasteiger partial charge in [0, 0.05) is 76.7 Å². The molecule has 0 bridgehead atoms. The summed E-state index contributed by atoms with van der Waals surface area (Å²) in [6, 6.07) is 5.05. The van der Waals surface area contributed by atoms with Gasteiger partial charge < -0.3 is 83.5 Å². The van der Waals surface area contributed by atoms with Crippen LogP contribution in [0.2, 0.25) is 0 Å². The lowest BCUT2D eigenvalue weighted by Gasteiger charge is -2.49. The quantitative estimate of drug-likeness (QED) is 0.0478. The maximum absolute atomic E-state index is 14.6. The number of aryl methyl sites for hydroxylation is 1. The molecule has 4 heterocycles. The van der Waals surface area contributed by atoms with Gasteiger partial charge in [0.1, 0.15) is 29.0 Å². The third-order valence-corrected chi connectivity index (χ3v) is 16.5. The normalized spacial score (nSPS) is 36.3. The first-order valence-electron chi connectivity index (χ1n) is 28.0. The maximum atomic E-state index is 14.6. The fraction of sp³-hybridized carbons (Fsp3) is 0.772. The molecule has 18 atom stereocenters. The smallest absolute Gasteiger partial charge is 0.341 e. The highest BCUT2D eigenvalue weighted by molar-refractivity contribution is 5.93. The van der Waals surface area contributed by atoms with E-state index in [1.54, 1.807) is 91.3 Å². The Morgan fingerprint density at radius 3 is 2.23 bits per heavy atom. The van der Waals surface area contributed by atoms with E-state index in [-0.39, 0.29) is 55.9 Å². The van der Waals surface area contributed by atoms with Crippen LogP contribution in [0.5, 0.6) is 0 Å². The fourth-order valence-corrected chi connectivity index (χ4v) is 11.9. The first kappa shape index (κ1) is 66.4. The average molecular weight is 1140 g/mol. The number of carbonyl (C=O) groups excluding carboxylic acids is 2. The molecule has 3 aliphatic heterocycles. The van der Waals surface area contributed by atoms with Gasteiger partial charge in [-0.15, -0.1) is 0 Å². The van der Waals surface area contributed by atoms with Crippen LogP contribution < -0.4 is 15.8 Å². The van der Waals surface area contributed by atoms with E-state index in [0.29, 0.717) is 43.3 Å². The first-order valence-corrected chi connectivity index (χ1v) is 28.0. The summed E-state index contributed by atoms with van der Waals surface area (Å²) in [6.07, 6.45) is -7.65. The highest BCUT2D eigenvalue weighted by Crippen LogP contribution is 2.42. The lowest BCUT2D eigenvalue weighted by Crippen LogP contribution is -2.61. The van der Waals surface area contributed by atoms with Gasteiger partial charge in [0.2, 0.25) is 12.2 Å².